The molecule has 0 spiro atoms. The molecule has 168 valence electrons. The molecule has 6 atom stereocenters. The van der Waals surface area contributed by atoms with Gasteiger partial charge in [0, 0.05) is 14.5 Å². The molecule has 9 rings (SSSR count). The van der Waals surface area contributed by atoms with E-state index in [2.05, 4.69) is 97.1 Å². The molecule has 4 aromatic rings. The zero-order chi connectivity index (χ0) is 24.5. The average Bonchev–Trinajstić information content (AvgIpc) is 3.73. The van der Waals surface area contributed by atoms with Gasteiger partial charge in [-0.1, -0.05) is 97.1 Å². The van der Waals surface area contributed by atoms with Crippen LogP contribution in [0.1, 0.15) is 54.3 Å². The second kappa shape index (κ2) is 6.64. The molecule has 5 aliphatic rings. The molecule has 0 heterocycles. The molecule has 0 saturated heterocycles. The number of rotatable bonds is 2. The maximum atomic E-state index is 10.6. The summed E-state index contributed by atoms with van der Waals surface area (Å²) in [4.78, 5) is 0. The van der Waals surface area contributed by atoms with Crippen LogP contribution in [0.15, 0.2) is 97.1 Å². The molecular weight excluding hydrogens is 420 g/mol. The Hall–Kier alpha value is -3.38. The van der Waals surface area contributed by atoms with E-state index in [-0.39, 0.29) is 11.8 Å². The molecule has 1 saturated carbocycles. The van der Waals surface area contributed by atoms with Crippen LogP contribution in [-0.4, -0.2) is 0 Å². The van der Waals surface area contributed by atoms with Crippen LogP contribution in [0, 0.1) is 23.7 Å². The van der Waals surface area contributed by atoms with Crippen molar-refractivity contribution in [1.82, 2.24) is 0 Å². The molecule has 0 N–H and O–H groups in total. The van der Waals surface area contributed by atoms with E-state index in [1.165, 1.54) is 33.0 Å². The Labute approximate surface area is 209 Å². The van der Waals surface area contributed by atoms with E-state index in [9.17, 15) is 2.74 Å². The molecule has 2 bridgehead atoms. The predicted octanol–water partition coefficient (Wildman–Crippen LogP) is 8.18. The largest absolute Gasteiger partial charge is 0.0848 e. The van der Waals surface area contributed by atoms with E-state index in [1.807, 2.05) is 0 Å². The van der Waals surface area contributed by atoms with Gasteiger partial charge < -0.3 is 0 Å². The lowest BCUT2D eigenvalue weighted by molar-refractivity contribution is 0.260. The first-order chi connectivity index (χ1) is 18.1. The lowest BCUT2D eigenvalue weighted by Gasteiger charge is -2.46. The zero-order valence-corrected chi connectivity index (χ0v) is 19.7. The van der Waals surface area contributed by atoms with Gasteiger partial charge in [0.15, 0.2) is 0 Å². The summed E-state index contributed by atoms with van der Waals surface area (Å²) < 4.78 is 21.2. The van der Waals surface area contributed by atoms with Crippen molar-refractivity contribution in [2.75, 3.05) is 0 Å². The van der Waals surface area contributed by atoms with E-state index in [4.69, 9.17) is 0 Å². The third kappa shape index (κ3) is 2.29. The lowest BCUT2D eigenvalue weighted by atomic mass is 9.57. The van der Waals surface area contributed by atoms with E-state index in [0.717, 1.165) is 41.5 Å². The second-order valence-corrected chi connectivity index (χ2v) is 11.1. The van der Waals surface area contributed by atoms with E-state index >= 15 is 0 Å². The highest BCUT2D eigenvalue weighted by Gasteiger charge is 2.57. The minimum absolute atomic E-state index is 0.0648. The van der Waals surface area contributed by atoms with Crippen molar-refractivity contribution < 1.29 is 2.74 Å². The van der Waals surface area contributed by atoms with Crippen molar-refractivity contribution in [2.24, 2.45) is 23.7 Å². The second-order valence-electron chi connectivity index (χ2n) is 11.1. The summed E-state index contributed by atoms with van der Waals surface area (Å²) in [6, 6.07) is 30.4. The highest BCUT2D eigenvalue weighted by molar-refractivity contribution is 6.18. The maximum absolute atomic E-state index is 10.6. The van der Waals surface area contributed by atoms with E-state index < -0.39 is 11.8 Å². The highest BCUT2D eigenvalue weighted by atomic mass is 14.6. The van der Waals surface area contributed by atoms with Gasteiger partial charge in [0.05, 0.1) is 0 Å². The highest BCUT2D eigenvalue weighted by Crippen LogP contribution is 2.69. The standard InChI is InChI=1S/C35H28/c1-3-7-20(8-4-1)29-31-24-13-14-25(19-24)32(31)30(21-9-5-2-6-10-21)35-27-18-16-23-12-11-22-15-17-26(34(29)35)33(27)28(22)23/h1-10,13-18,24-25,29-32H,11-12,19H2/t24-,25+,29-,30+,31-,32+/i29D,30D. The van der Waals surface area contributed by atoms with Gasteiger partial charge >= 0.3 is 0 Å². The molecule has 0 amide bonds. The molecule has 0 heteroatoms. The van der Waals surface area contributed by atoms with Crippen LogP contribution in [0.25, 0.3) is 21.9 Å². The Bertz CT molecular complexity index is 1580. The van der Waals surface area contributed by atoms with E-state index in [0.29, 0.717) is 11.8 Å². The van der Waals surface area contributed by atoms with Crippen molar-refractivity contribution >= 4 is 21.9 Å². The SMILES string of the molecule is [2H][C@@]1(c2ccccc2)C2=C(c3ccc4c5c(ccc2c35)CC4)[C@]([2H])(c2ccccc2)[C@@H]2[C@H]1[C@H]1C=C[C@@H]2C1. The molecule has 35 heavy (non-hydrogen) atoms. The summed E-state index contributed by atoms with van der Waals surface area (Å²) in [5.74, 6) is -0.997. The first kappa shape index (κ1) is 17.1. The van der Waals surface area contributed by atoms with Gasteiger partial charge in [-0.2, -0.15) is 0 Å². The number of hydrogen-bond donors (Lipinski definition) is 0. The number of hydrogen-bond acceptors (Lipinski definition) is 0. The van der Waals surface area contributed by atoms with Gasteiger partial charge in [-0.05, 0) is 98.2 Å². The van der Waals surface area contributed by atoms with Gasteiger partial charge in [0.2, 0.25) is 0 Å². The zero-order valence-electron chi connectivity index (χ0n) is 21.7. The number of benzene rings is 4. The maximum Gasteiger partial charge on any atom is 0.0406 e. The van der Waals surface area contributed by atoms with Crippen LogP contribution >= 0.6 is 0 Å². The summed E-state index contributed by atoms with van der Waals surface area (Å²) in [6.45, 7) is 0. The monoisotopic (exact) mass is 450 g/mol. The summed E-state index contributed by atoms with van der Waals surface area (Å²) >= 11 is 0. The molecular formula is C35H28. The van der Waals surface area contributed by atoms with Gasteiger partial charge in [-0.25, -0.2) is 0 Å². The van der Waals surface area contributed by atoms with Crippen LogP contribution < -0.4 is 0 Å². The summed E-state index contributed by atoms with van der Waals surface area (Å²) in [6.07, 6.45) is 8.01. The summed E-state index contributed by atoms with van der Waals surface area (Å²) in [7, 11) is 0. The van der Waals surface area contributed by atoms with Crippen LogP contribution in [0.4, 0.5) is 0 Å². The third-order valence-corrected chi connectivity index (χ3v) is 9.62. The van der Waals surface area contributed by atoms with Gasteiger partial charge in [-0.15, -0.1) is 0 Å². The minimum Gasteiger partial charge on any atom is -0.0848 e. The van der Waals surface area contributed by atoms with E-state index in [1.54, 1.807) is 0 Å². The fourth-order valence-electron chi connectivity index (χ4n) is 8.43. The number of fused-ring (bicyclic) bond motifs is 7. The van der Waals surface area contributed by atoms with Crippen molar-refractivity contribution in [3.05, 3.63) is 130 Å². The van der Waals surface area contributed by atoms with Crippen LogP contribution in [0.3, 0.4) is 0 Å². The number of allylic oxidation sites excluding steroid dienone is 4. The summed E-state index contributed by atoms with van der Waals surface area (Å²) in [5, 5.41) is 2.72. The van der Waals surface area contributed by atoms with Crippen molar-refractivity contribution in [3.63, 3.8) is 0 Å². The van der Waals surface area contributed by atoms with Crippen molar-refractivity contribution in [1.29, 1.82) is 0 Å². The average molecular weight is 451 g/mol. The Morgan fingerprint density at radius 3 is 1.51 bits per heavy atom. The Morgan fingerprint density at radius 1 is 0.543 bits per heavy atom. The first-order valence-electron chi connectivity index (χ1n) is 14.2. The smallest absolute Gasteiger partial charge is 0.0406 e. The van der Waals surface area contributed by atoms with Gasteiger partial charge in [0.1, 0.15) is 0 Å². The fraction of sp³-hybridized carbons (Fsp3) is 0.257. The van der Waals surface area contributed by atoms with Gasteiger partial charge in [0.25, 0.3) is 0 Å². The topological polar surface area (TPSA) is 0 Å². The Kier molecular flexibility index (Phi) is 3.25. The van der Waals surface area contributed by atoms with Crippen LogP contribution in [0.2, 0.25) is 0 Å². The normalized spacial score (nSPS) is 35.9. The van der Waals surface area contributed by atoms with Gasteiger partial charge in [-0.3, -0.25) is 0 Å². The molecule has 0 unspecified atom stereocenters. The fourth-order valence-corrected chi connectivity index (χ4v) is 8.43. The quantitative estimate of drug-likeness (QED) is 0.270. The molecule has 0 aromatic heterocycles. The minimum atomic E-state index is -0.896. The first-order valence-corrected chi connectivity index (χ1v) is 13.2. The Morgan fingerprint density at radius 2 is 1.03 bits per heavy atom. The molecule has 0 aliphatic heterocycles. The molecule has 4 aromatic carbocycles. The van der Waals surface area contributed by atoms with Crippen LogP contribution in [-0.2, 0) is 12.8 Å². The van der Waals surface area contributed by atoms with Crippen molar-refractivity contribution in [2.45, 2.75) is 31.1 Å². The molecule has 0 nitrogen and oxygen atoms in total. The van der Waals surface area contributed by atoms with Crippen molar-refractivity contribution in [3.8, 4) is 0 Å². The molecule has 5 aliphatic carbocycles. The Balaban J connectivity index is 1.47. The predicted molar refractivity (Wildman–Crippen MR) is 144 cm³/mol. The lowest BCUT2D eigenvalue weighted by Crippen LogP contribution is -2.35. The number of aryl methyl sites for hydroxylation is 2. The third-order valence-electron chi connectivity index (χ3n) is 9.62. The van der Waals surface area contributed by atoms with Crippen LogP contribution in [0.5, 0.6) is 0 Å². The summed E-state index contributed by atoms with van der Waals surface area (Å²) in [5.41, 5.74) is 9.65. The molecule has 1 fully saturated rings. The molecule has 0 radical (unpaired) electrons.